The molecule has 2 N–H and O–H groups in total. The highest BCUT2D eigenvalue weighted by Crippen LogP contribution is 2.31. The van der Waals surface area contributed by atoms with Crippen LogP contribution in [0.5, 0.6) is 0 Å². The number of hydrogen-bond donors (Lipinski definition) is 1. The van der Waals surface area contributed by atoms with Crippen LogP contribution in [0.4, 0.5) is 15.8 Å². The molecule has 2 aromatic rings. The van der Waals surface area contributed by atoms with Gasteiger partial charge in [-0.2, -0.15) is 0 Å². The third-order valence-corrected chi connectivity index (χ3v) is 3.34. The lowest BCUT2D eigenvalue weighted by Crippen LogP contribution is -1.80. The molecule has 1 aromatic heterocycles. The van der Waals surface area contributed by atoms with Gasteiger partial charge in [0.1, 0.15) is 0 Å². The second kappa shape index (κ2) is 4.63. The van der Waals surface area contributed by atoms with E-state index in [0.717, 1.165) is 27.5 Å². The van der Waals surface area contributed by atoms with Crippen molar-refractivity contribution in [2.75, 3.05) is 5.73 Å². The van der Waals surface area contributed by atoms with Crippen molar-refractivity contribution < 1.29 is 0 Å². The molecule has 1 aromatic carbocycles. The van der Waals surface area contributed by atoms with E-state index in [4.69, 9.17) is 5.73 Å². The molecule has 0 aliphatic heterocycles. The van der Waals surface area contributed by atoms with Gasteiger partial charge in [-0.25, -0.2) is 4.98 Å². The van der Waals surface area contributed by atoms with Gasteiger partial charge >= 0.3 is 0 Å². The number of azo groups is 1. The Hall–Kier alpha value is -1.75. The number of hydrogen-bond acceptors (Lipinski definition) is 5. The highest BCUT2D eigenvalue weighted by molar-refractivity contribution is 7.19. The summed E-state index contributed by atoms with van der Waals surface area (Å²) in [5.74, 6) is 0. The predicted molar refractivity (Wildman–Crippen MR) is 71.4 cm³/mol. The first-order valence-electron chi connectivity index (χ1n) is 5.29. The van der Waals surface area contributed by atoms with Crippen molar-refractivity contribution in [1.29, 1.82) is 0 Å². The molecule has 0 aliphatic carbocycles. The van der Waals surface area contributed by atoms with E-state index in [1.54, 1.807) is 0 Å². The minimum Gasteiger partial charge on any atom is -0.375 e. The number of anilines is 1. The third kappa shape index (κ3) is 2.50. The van der Waals surface area contributed by atoms with Crippen molar-refractivity contribution in [1.82, 2.24) is 4.98 Å². The lowest BCUT2D eigenvalue weighted by Gasteiger charge is -2.01. The van der Waals surface area contributed by atoms with Crippen LogP contribution in [-0.4, -0.2) is 4.98 Å². The fourth-order valence-corrected chi connectivity index (χ4v) is 2.22. The van der Waals surface area contributed by atoms with Gasteiger partial charge < -0.3 is 5.73 Å². The van der Waals surface area contributed by atoms with Crippen molar-refractivity contribution in [3.8, 4) is 0 Å². The largest absolute Gasteiger partial charge is 0.375 e. The molecule has 0 fully saturated rings. The Kier molecular flexibility index (Phi) is 3.19. The third-order valence-electron chi connectivity index (χ3n) is 2.47. The van der Waals surface area contributed by atoms with Crippen LogP contribution in [0.1, 0.15) is 16.8 Å². The molecule has 0 bridgehead atoms. The van der Waals surface area contributed by atoms with Crippen molar-refractivity contribution in [2.24, 2.45) is 10.2 Å². The van der Waals surface area contributed by atoms with E-state index >= 15 is 0 Å². The van der Waals surface area contributed by atoms with Crippen LogP contribution in [0, 0.1) is 20.8 Å². The van der Waals surface area contributed by atoms with Crippen molar-refractivity contribution >= 4 is 27.2 Å². The maximum atomic E-state index is 5.61. The van der Waals surface area contributed by atoms with E-state index in [1.807, 2.05) is 39.0 Å². The summed E-state index contributed by atoms with van der Waals surface area (Å²) in [6.45, 7) is 5.93. The van der Waals surface area contributed by atoms with Crippen LogP contribution in [0.25, 0.3) is 0 Å². The van der Waals surface area contributed by atoms with Crippen molar-refractivity contribution in [3.63, 3.8) is 0 Å². The van der Waals surface area contributed by atoms with Gasteiger partial charge in [-0.3, -0.25) is 0 Å². The SMILES string of the molecule is Cc1cccc(C)c1N=Nc1sc(N)nc1C. The molecule has 0 saturated heterocycles. The Bertz CT molecular complexity index is 552. The first-order chi connectivity index (χ1) is 8.08. The van der Waals surface area contributed by atoms with Crippen LogP contribution >= 0.6 is 11.3 Å². The quantitative estimate of drug-likeness (QED) is 0.812. The van der Waals surface area contributed by atoms with E-state index in [9.17, 15) is 0 Å². The molecule has 2 rings (SSSR count). The molecule has 0 spiro atoms. The Morgan fingerprint density at radius 1 is 1.12 bits per heavy atom. The number of aromatic nitrogens is 1. The Labute approximate surface area is 104 Å². The standard InChI is InChI=1S/C12H14N4S/c1-7-5-4-6-8(2)10(7)15-16-11-9(3)14-12(13)17-11/h4-6H,1-3H3,(H2,13,14). The second-order valence-corrected chi connectivity index (χ2v) is 4.89. The summed E-state index contributed by atoms with van der Waals surface area (Å²) in [4.78, 5) is 4.11. The lowest BCUT2D eigenvalue weighted by atomic mass is 10.1. The Morgan fingerprint density at radius 2 is 1.76 bits per heavy atom. The molecule has 4 nitrogen and oxygen atoms in total. The molecule has 0 saturated carbocycles. The molecule has 88 valence electrons. The van der Waals surface area contributed by atoms with Crippen LogP contribution in [-0.2, 0) is 0 Å². The summed E-state index contributed by atoms with van der Waals surface area (Å²) in [5.41, 5.74) is 9.58. The fourth-order valence-electron chi connectivity index (χ4n) is 1.56. The molecular formula is C12H14N4S. The lowest BCUT2D eigenvalue weighted by molar-refractivity contribution is 1.17. The van der Waals surface area contributed by atoms with E-state index in [-0.39, 0.29) is 0 Å². The molecule has 0 radical (unpaired) electrons. The molecule has 0 amide bonds. The first kappa shape index (κ1) is 11.7. The van der Waals surface area contributed by atoms with Gasteiger partial charge in [-0.1, -0.05) is 29.5 Å². The van der Waals surface area contributed by atoms with Gasteiger partial charge in [0, 0.05) is 0 Å². The summed E-state index contributed by atoms with van der Waals surface area (Å²) in [7, 11) is 0. The van der Waals surface area contributed by atoms with E-state index in [1.165, 1.54) is 11.3 Å². The smallest absolute Gasteiger partial charge is 0.182 e. The zero-order valence-electron chi connectivity index (χ0n) is 10.1. The maximum absolute atomic E-state index is 5.61. The first-order valence-corrected chi connectivity index (χ1v) is 6.10. The number of benzene rings is 1. The highest BCUT2D eigenvalue weighted by Gasteiger charge is 2.05. The van der Waals surface area contributed by atoms with Crippen LogP contribution in [0.3, 0.4) is 0 Å². The number of nitrogen functional groups attached to an aromatic ring is 1. The molecule has 5 heteroatoms. The molecule has 0 atom stereocenters. The normalized spacial score (nSPS) is 11.2. The molecular weight excluding hydrogens is 232 g/mol. The topological polar surface area (TPSA) is 63.6 Å². The van der Waals surface area contributed by atoms with Crippen molar-refractivity contribution in [2.45, 2.75) is 20.8 Å². The maximum Gasteiger partial charge on any atom is 0.182 e. The highest BCUT2D eigenvalue weighted by atomic mass is 32.1. The van der Waals surface area contributed by atoms with Gasteiger partial charge in [0.05, 0.1) is 11.4 Å². The monoisotopic (exact) mass is 246 g/mol. The fraction of sp³-hybridized carbons (Fsp3) is 0.250. The van der Waals surface area contributed by atoms with E-state index in [2.05, 4.69) is 15.2 Å². The van der Waals surface area contributed by atoms with E-state index in [0.29, 0.717) is 5.13 Å². The second-order valence-electron chi connectivity index (χ2n) is 3.88. The van der Waals surface area contributed by atoms with Crippen LogP contribution in [0.15, 0.2) is 28.4 Å². The number of rotatable bonds is 2. The predicted octanol–water partition coefficient (Wildman–Crippen LogP) is 4.07. The number of nitrogens with two attached hydrogens (primary N) is 1. The molecule has 17 heavy (non-hydrogen) atoms. The zero-order chi connectivity index (χ0) is 12.4. The summed E-state index contributed by atoms with van der Waals surface area (Å²) in [6.07, 6.45) is 0. The Balaban J connectivity index is 2.35. The molecule has 1 heterocycles. The molecule has 0 unspecified atom stereocenters. The average Bonchev–Trinajstić information content (AvgIpc) is 2.57. The van der Waals surface area contributed by atoms with Gasteiger partial charge in [0.25, 0.3) is 0 Å². The van der Waals surface area contributed by atoms with Gasteiger partial charge in [-0.05, 0) is 31.9 Å². The number of nitrogens with zero attached hydrogens (tertiary/aromatic N) is 3. The number of thiazole rings is 1. The van der Waals surface area contributed by atoms with Crippen LogP contribution in [0.2, 0.25) is 0 Å². The summed E-state index contributed by atoms with van der Waals surface area (Å²) in [6, 6.07) is 6.06. The van der Waals surface area contributed by atoms with E-state index < -0.39 is 0 Å². The minimum atomic E-state index is 0.526. The summed E-state index contributed by atoms with van der Waals surface area (Å²) in [5, 5.41) is 9.80. The zero-order valence-corrected chi connectivity index (χ0v) is 10.9. The summed E-state index contributed by atoms with van der Waals surface area (Å²) >= 11 is 1.35. The summed E-state index contributed by atoms with van der Waals surface area (Å²) < 4.78 is 0. The Morgan fingerprint density at radius 3 is 2.29 bits per heavy atom. The minimum absolute atomic E-state index is 0.526. The average molecular weight is 246 g/mol. The van der Waals surface area contributed by atoms with Crippen molar-refractivity contribution in [3.05, 3.63) is 35.0 Å². The van der Waals surface area contributed by atoms with Gasteiger partial charge in [0.2, 0.25) is 0 Å². The van der Waals surface area contributed by atoms with Gasteiger partial charge in [0.15, 0.2) is 10.1 Å². The molecule has 0 aliphatic rings. The van der Waals surface area contributed by atoms with Crippen LogP contribution < -0.4 is 5.73 Å². The number of aryl methyl sites for hydroxylation is 3. The van der Waals surface area contributed by atoms with Gasteiger partial charge in [-0.15, -0.1) is 10.2 Å².